The number of rotatable bonds is 7. The fourth-order valence-corrected chi connectivity index (χ4v) is 3.57. The second kappa shape index (κ2) is 7.53. The molecule has 1 atom stereocenters. The Morgan fingerprint density at radius 2 is 2.10 bits per heavy atom. The molecule has 0 heterocycles. The molecule has 1 unspecified atom stereocenters. The van der Waals surface area contributed by atoms with Gasteiger partial charge in [-0.3, -0.25) is 0 Å². The number of hydrogen-bond donors (Lipinski definition) is 2. The van der Waals surface area contributed by atoms with E-state index in [1.165, 1.54) is 25.3 Å². The van der Waals surface area contributed by atoms with Crippen molar-refractivity contribution < 1.29 is 23.1 Å². The van der Waals surface area contributed by atoms with Crippen molar-refractivity contribution in [3.05, 3.63) is 29.3 Å². The minimum absolute atomic E-state index is 0.0168. The number of hydrogen-bond acceptors (Lipinski definition) is 5. The maximum absolute atomic E-state index is 12.4. The van der Waals surface area contributed by atoms with Crippen LogP contribution in [0.25, 0.3) is 0 Å². The summed E-state index contributed by atoms with van der Waals surface area (Å²) in [6, 6.07) is 4.17. The van der Waals surface area contributed by atoms with Crippen molar-refractivity contribution in [1.29, 1.82) is 0 Å². The van der Waals surface area contributed by atoms with Gasteiger partial charge in [0.1, 0.15) is 0 Å². The number of aliphatic hydroxyl groups is 1. The Hall–Kier alpha value is -1.44. The largest absolute Gasteiger partial charge is 0.465 e. The van der Waals surface area contributed by atoms with Crippen molar-refractivity contribution in [3.63, 3.8) is 0 Å². The maximum atomic E-state index is 12.4. The average molecular weight is 315 g/mol. The van der Waals surface area contributed by atoms with E-state index in [2.05, 4.69) is 9.46 Å². The van der Waals surface area contributed by atoms with Crippen molar-refractivity contribution in [2.75, 3.05) is 13.7 Å². The van der Waals surface area contributed by atoms with Gasteiger partial charge < -0.3 is 9.84 Å². The highest BCUT2D eigenvalue weighted by atomic mass is 32.2. The first kappa shape index (κ1) is 17.6. The highest BCUT2D eigenvalue weighted by Gasteiger charge is 2.22. The van der Waals surface area contributed by atoms with Crippen LogP contribution in [-0.4, -0.2) is 39.3 Å². The van der Waals surface area contributed by atoms with Crippen LogP contribution in [0.2, 0.25) is 0 Å². The molecule has 118 valence electrons. The lowest BCUT2D eigenvalue weighted by atomic mass is 10.1. The molecule has 0 spiro atoms. The lowest BCUT2D eigenvalue weighted by molar-refractivity contribution is 0.0599. The van der Waals surface area contributed by atoms with Gasteiger partial charge in [-0.05, 0) is 44.4 Å². The van der Waals surface area contributed by atoms with Gasteiger partial charge in [-0.25, -0.2) is 17.9 Å². The highest BCUT2D eigenvalue weighted by molar-refractivity contribution is 7.89. The van der Waals surface area contributed by atoms with Gasteiger partial charge in [0, 0.05) is 12.6 Å². The molecule has 0 fully saturated rings. The average Bonchev–Trinajstić information content (AvgIpc) is 2.43. The molecule has 1 rings (SSSR count). The van der Waals surface area contributed by atoms with Crippen LogP contribution < -0.4 is 4.72 Å². The fraction of sp³-hybridized carbons (Fsp3) is 0.500. The van der Waals surface area contributed by atoms with Gasteiger partial charge in [0.2, 0.25) is 10.0 Å². The summed E-state index contributed by atoms with van der Waals surface area (Å²) < 4.78 is 31.9. The van der Waals surface area contributed by atoms with E-state index in [4.69, 9.17) is 5.11 Å². The number of esters is 1. The number of sulfonamides is 1. The van der Waals surface area contributed by atoms with Gasteiger partial charge in [-0.2, -0.15) is 0 Å². The summed E-state index contributed by atoms with van der Waals surface area (Å²) in [7, 11) is -2.48. The van der Waals surface area contributed by atoms with Crippen LogP contribution >= 0.6 is 0 Å². The lowest BCUT2D eigenvalue weighted by Crippen LogP contribution is -2.33. The molecule has 0 aliphatic heterocycles. The van der Waals surface area contributed by atoms with Crippen LogP contribution in [0.15, 0.2) is 23.1 Å². The minimum atomic E-state index is -3.72. The number of carbonyl (C=O) groups excluding carboxylic acids is 1. The summed E-state index contributed by atoms with van der Waals surface area (Å²) >= 11 is 0. The van der Waals surface area contributed by atoms with E-state index in [9.17, 15) is 13.2 Å². The topological polar surface area (TPSA) is 92.7 Å². The third-order valence-corrected chi connectivity index (χ3v) is 4.86. The Morgan fingerprint density at radius 1 is 1.43 bits per heavy atom. The van der Waals surface area contributed by atoms with Gasteiger partial charge in [-0.15, -0.1) is 0 Å². The SMILES string of the molecule is COC(=O)c1cccc(S(=O)(=O)NC(C)CCCO)c1C. The molecule has 0 aromatic heterocycles. The Morgan fingerprint density at radius 3 is 2.67 bits per heavy atom. The van der Waals surface area contributed by atoms with Gasteiger partial charge in [0.05, 0.1) is 17.6 Å². The van der Waals surface area contributed by atoms with Gasteiger partial charge in [0.15, 0.2) is 0 Å². The molecular formula is C14H21NO5S. The highest BCUT2D eigenvalue weighted by Crippen LogP contribution is 2.20. The van der Waals surface area contributed by atoms with E-state index in [1.807, 2.05) is 0 Å². The van der Waals surface area contributed by atoms with Crippen molar-refractivity contribution in [1.82, 2.24) is 4.72 Å². The van der Waals surface area contributed by atoms with Gasteiger partial charge >= 0.3 is 5.97 Å². The van der Waals surface area contributed by atoms with Crippen molar-refractivity contribution >= 4 is 16.0 Å². The fourth-order valence-electron chi connectivity index (χ4n) is 2.02. The number of carbonyl (C=O) groups is 1. The predicted octanol–water partition coefficient (Wildman–Crippen LogP) is 1.22. The molecular weight excluding hydrogens is 294 g/mol. The van der Waals surface area contributed by atoms with E-state index in [1.54, 1.807) is 13.8 Å². The first-order valence-corrected chi connectivity index (χ1v) is 8.13. The standard InChI is InChI=1S/C14H21NO5S/c1-10(6-5-9-16)15-21(18,19)13-8-4-7-12(11(13)2)14(17)20-3/h4,7-8,10,15-16H,5-6,9H2,1-3H3. The molecule has 1 aromatic carbocycles. The molecule has 0 bridgehead atoms. The number of nitrogens with one attached hydrogen (secondary N) is 1. The second-order valence-electron chi connectivity index (χ2n) is 4.81. The third-order valence-electron chi connectivity index (χ3n) is 3.13. The normalized spacial score (nSPS) is 13.0. The van der Waals surface area contributed by atoms with Crippen molar-refractivity contribution in [3.8, 4) is 0 Å². The zero-order valence-electron chi connectivity index (χ0n) is 12.4. The maximum Gasteiger partial charge on any atom is 0.338 e. The Bertz CT molecular complexity index is 597. The molecule has 7 heteroatoms. The molecule has 1 aromatic rings. The van der Waals surface area contributed by atoms with Crippen LogP contribution in [0.3, 0.4) is 0 Å². The number of aliphatic hydroxyl groups excluding tert-OH is 1. The Labute approximate surface area is 125 Å². The second-order valence-corrected chi connectivity index (χ2v) is 6.49. The molecule has 0 saturated carbocycles. The molecule has 0 aliphatic carbocycles. The van der Waals surface area contributed by atoms with Crippen molar-refractivity contribution in [2.45, 2.75) is 37.6 Å². The summed E-state index contributed by atoms with van der Waals surface area (Å²) in [6.07, 6.45) is 1.05. The summed E-state index contributed by atoms with van der Waals surface area (Å²) in [4.78, 5) is 11.7. The Kier molecular flexibility index (Phi) is 6.32. The first-order chi connectivity index (χ1) is 9.83. The van der Waals surface area contributed by atoms with Crippen LogP contribution in [0, 0.1) is 6.92 Å². The number of benzene rings is 1. The van der Waals surface area contributed by atoms with E-state index >= 15 is 0 Å². The third kappa shape index (κ3) is 4.52. The van der Waals surface area contributed by atoms with Gasteiger partial charge in [0.25, 0.3) is 0 Å². The predicted molar refractivity (Wildman–Crippen MR) is 78.6 cm³/mol. The van der Waals surface area contributed by atoms with E-state index in [0.717, 1.165) is 0 Å². The molecule has 0 saturated heterocycles. The summed E-state index contributed by atoms with van der Waals surface area (Å²) in [5.74, 6) is -0.571. The summed E-state index contributed by atoms with van der Waals surface area (Å²) in [5.41, 5.74) is 0.578. The minimum Gasteiger partial charge on any atom is -0.465 e. The lowest BCUT2D eigenvalue weighted by Gasteiger charge is -2.16. The van der Waals surface area contributed by atoms with Crippen LogP contribution in [-0.2, 0) is 14.8 Å². The van der Waals surface area contributed by atoms with Crippen LogP contribution in [0.1, 0.15) is 35.7 Å². The smallest absolute Gasteiger partial charge is 0.338 e. The molecule has 0 radical (unpaired) electrons. The van der Waals surface area contributed by atoms with Crippen LogP contribution in [0.4, 0.5) is 0 Å². The van der Waals surface area contributed by atoms with Crippen LogP contribution in [0.5, 0.6) is 0 Å². The summed E-state index contributed by atoms with van der Waals surface area (Å²) in [5, 5.41) is 8.77. The van der Waals surface area contributed by atoms with E-state index < -0.39 is 16.0 Å². The van der Waals surface area contributed by atoms with E-state index in [0.29, 0.717) is 18.4 Å². The first-order valence-electron chi connectivity index (χ1n) is 6.64. The molecule has 0 amide bonds. The Balaban J connectivity index is 3.06. The van der Waals surface area contributed by atoms with Gasteiger partial charge in [-0.1, -0.05) is 6.07 Å². The zero-order chi connectivity index (χ0) is 16.0. The number of methoxy groups -OCH3 is 1. The molecule has 0 aliphatic rings. The van der Waals surface area contributed by atoms with Crippen molar-refractivity contribution in [2.24, 2.45) is 0 Å². The molecule has 2 N–H and O–H groups in total. The monoisotopic (exact) mass is 315 g/mol. The molecule has 6 nitrogen and oxygen atoms in total. The summed E-state index contributed by atoms with van der Waals surface area (Å²) in [6.45, 7) is 3.31. The van der Waals surface area contributed by atoms with E-state index in [-0.39, 0.29) is 23.1 Å². The zero-order valence-corrected chi connectivity index (χ0v) is 13.2. The quantitative estimate of drug-likeness (QED) is 0.738. The number of ether oxygens (including phenoxy) is 1. The molecule has 21 heavy (non-hydrogen) atoms.